The van der Waals surface area contributed by atoms with Crippen LogP contribution in [0.4, 0.5) is 11.5 Å². The molecule has 0 saturated carbocycles. The van der Waals surface area contributed by atoms with E-state index in [1.54, 1.807) is 24.3 Å². The molecule has 0 spiro atoms. The van der Waals surface area contributed by atoms with Crippen LogP contribution in [0.15, 0.2) is 46.6 Å². The quantitative estimate of drug-likeness (QED) is 0.486. The van der Waals surface area contributed by atoms with E-state index < -0.39 is 4.92 Å². The first kappa shape index (κ1) is 13.0. The highest BCUT2D eigenvalue weighted by Crippen LogP contribution is 2.15. The fourth-order valence-corrected chi connectivity index (χ4v) is 1.42. The average molecular weight is 278 g/mol. The zero-order valence-corrected chi connectivity index (χ0v) is 10.4. The fourth-order valence-electron chi connectivity index (χ4n) is 1.32. The molecule has 1 aromatic heterocycles. The minimum atomic E-state index is -0.453. The fraction of sp³-hybridized carbons (Fsp3) is 0.0909. The third kappa shape index (κ3) is 3.78. The molecule has 0 bridgehead atoms. The molecule has 0 aliphatic carbocycles. The molecule has 0 unspecified atom stereocenters. The largest absolute Gasteiger partial charge is 0.269 e. The van der Waals surface area contributed by atoms with Crippen LogP contribution >= 0.6 is 11.6 Å². The Kier molecular flexibility index (Phi) is 4.09. The van der Waals surface area contributed by atoms with Gasteiger partial charge in [-0.25, -0.2) is 0 Å². The molecule has 0 N–H and O–H groups in total. The van der Waals surface area contributed by atoms with Crippen molar-refractivity contribution in [2.24, 2.45) is 10.2 Å². The van der Waals surface area contributed by atoms with Crippen molar-refractivity contribution in [2.75, 3.05) is 0 Å². The lowest BCUT2D eigenvalue weighted by Gasteiger charge is -1.96. The highest BCUT2D eigenvalue weighted by Gasteiger charge is 2.04. The van der Waals surface area contributed by atoms with Crippen LogP contribution < -0.4 is 0 Å². The second kappa shape index (κ2) is 5.96. The molecule has 0 aliphatic rings. The topological polar surface area (TPSA) is 93.6 Å². The molecule has 8 heteroatoms. The standard InChI is InChI=1S/C11H8ClN5O2/c12-10-4-5-11(16-14-10)15-13-7-8-2-1-3-9(6-8)17(18)19/h1-6H,7H2. The molecule has 2 aromatic rings. The molecule has 0 radical (unpaired) electrons. The van der Waals surface area contributed by atoms with Crippen molar-refractivity contribution in [3.8, 4) is 0 Å². The molecule has 2 rings (SSSR count). The van der Waals surface area contributed by atoms with Crippen molar-refractivity contribution in [1.29, 1.82) is 0 Å². The van der Waals surface area contributed by atoms with Crippen LogP contribution in [0, 0.1) is 10.1 Å². The third-order valence-corrected chi connectivity index (χ3v) is 2.37. The minimum absolute atomic E-state index is 0.0268. The predicted octanol–water partition coefficient (Wildman–Crippen LogP) is 3.32. The van der Waals surface area contributed by atoms with E-state index in [4.69, 9.17) is 11.6 Å². The van der Waals surface area contributed by atoms with Crippen LogP contribution in [0.1, 0.15) is 5.56 Å². The maximum atomic E-state index is 10.6. The first-order chi connectivity index (χ1) is 9.15. The van der Waals surface area contributed by atoms with Crippen LogP contribution in [-0.4, -0.2) is 15.1 Å². The smallest absolute Gasteiger partial charge is 0.258 e. The number of halogens is 1. The second-order valence-corrected chi connectivity index (χ2v) is 3.93. The summed E-state index contributed by atoms with van der Waals surface area (Å²) in [6.45, 7) is 0.228. The summed E-state index contributed by atoms with van der Waals surface area (Å²) in [5.74, 6) is 0.329. The Morgan fingerprint density at radius 1 is 1.26 bits per heavy atom. The van der Waals surface area contributed by atoms with Gasteiger partial charge in [-0.2, -0.15) is 5.11 Å². The van der Waals surface area contributed by atoms with Gasteiger partial charge in [-0.05, 0) is 17.7 Å². The van der Waals surface area contributed by atoms with Crippen LogP contribution in [0.25, 0.3) is 0 Å². The second-order valence-electron chi connectivity index (χ2n) is 3.54. The Balaban J connectivity index is 2.04. The van der Waals surface area contributed by atoms with Gasteiger partial charge in [0.25, 0.3) is 5.69 Å². The van der Waals surface area contributed by atoms with Crippen molar-refractivity contribution in [3.05, 3.63) is 57.2 Å². The number of nitro benzene ring substituents is 1. The Labute approximate surface area is 113 Å². The molecule has 1 heterocycles. The molecular formula is C11H8ClN5O2. The summed E-state index contributed by atoms with van der Waals surface area (Å²) < 4.78 is 0. The molecule has 0 atom stereocenters. The zero-order valence-electron chi connectivity index (χ0n) is 9.60. The summed E-state index contributed by atoms with van der Waals surface area (Å²) in [7, 11) is 0. The molecule has 0 fully saturated rings. The molecule has 1 aromatic carbocycles. The number of nitro groups is 1. The van der Waals surface area contributed by atoms with E-state index >= 15 is 0 Å². The van der Waals surface area contributed by atoms with Gasteiger partial charge in [0.15, 0.2) is 11.0 Å². The van der Waals surface area contributed by atoms with Crippen LogP contribution in [0.2, 0.25) is 5.15 Å². The number of nitrogens with zero attached hydrogens (tertiary/aromatic N) is 5. The molecule has 0 saturated heterocycles. The average Bonchev–Trinajstić information content (AvgIpc) is 2.41. The van der Waals surface area contributed by atoms with Gasteiger partial charge in [0, 0.05) is 12.1 Å². The molecule has 19 heavy (non-hydrogen) atoms. The van der Waals surface area contributed by atoms with Crippen LogP contribution in [-0.2, 0) is 6.54 Å². The lowest BCUT2D eigenvalue weighted by atomic mass is 10.2. The molecule has 0 amide bonds. The van der Waals surface area contributed by atoms with Gasteiger partial charge in [0.2, 0.25) is 0 Å². The normalized spacial score (nSPS) is 10.8. The van der Waals surface area contributed by atoms with E-state index in [0.717, 1.165) is 0 Å². The van der Waals surface area contributed by atoms with Crippen molar-refractivity contribution in [3.63, 3.8) is 0 Å². The number of rotatable bonds is 4. The number of benzene rings is 1. The molecule has 7 nitrogen and oxygen atoms in total. The van der Waals surface area contributed by atoms with Crippen LogP contribution in [0.3, 0.4) is 0 Å². The van der Waals surface area contributed by atoms with Gasteiger partial charge in [0.05, 0.1) is 11.5 Å². The van der Waals surface area contributed by atoms with E-state index in [0.29, 0.717) is 11.4 Å². The summed E-state index contributed by atoms with van der Waals surface area (Å²) in [5.41, 5.74) is 0.721. The Hall–Kier alpha value is -2.41. The summed E-state index contributed by atoms with van der Waals surface area (Å²) in [4.78, 5) is 10.1. The van der Waals surface area contributed by atoms with Gasteiger partial charge < -0.3 is 0 Å². The number of hydrogen-bond acceptors (Lipinski definition) is 6. The Bertz CT molecular complexity index is 615. The molecule has 0 aliphatic heterocycles. The van der Waals surface area contributed by atoms with Crippen molar-refractivity contribution < 1.29 is 4.92 Å². The third-order valence-electron chi connectivity index (χ3n) is 2.17. The maximum Gasteiger partial charge on any atom is 0.269 e. The monoisotopic (exact) mass is 277 g/mol. The summed E-state index contributed by atoms with van der Waals surface area (Å²) in [6.07, 6.45) is 0. The van der Waals surface area contributed by atoms with Gasteiger partial charge >= 0.3 is 0 Å². The lowest BCUT2D eigenvalue weighted by molar-refractivity contribution is -0.384. The highest BCUT2D eigenvalue weighted by atomic mass is 35.5. The number of azo groups is 1. The molecular weight excluding hydrogens is 270 g/mol. The van der Waals surface area contributed by atoms with E-state index in [1.807, 2.05) is 0 Å². The van der Waals surface area contributed by atoms with Gasteiger partial charge in [-0.15, -0.1) is 15.3 Å². The number of aromatic nitrogens is 2. The van der Waals surface area contributed by atoms with Gasteiger partial charge in [-0.3, -0.25) is 10.1 Å². The van der Waals surface area contributed by atoms with Crippen molar-refractivity contribution >= 4 is 23.1 Å². The number of non-ortho nitro benzene ring substituents is 1. The number of hydrogen-bond donors (Lipinski definition) is 0. The van der Waals surface area contributed by atoms with Crippen molar-refractivity contribution in [1.82, 2.24) is 10.2 Å². The highest BCUT2D eigenvalue weighted by molar-refractivity contribution is 6.29. The summed E-state index contributed by atoms with van der Waals surface area (Å²) in [5, 5.41) is 25.9. The first-order valence-corrected chi connectivity index (χ1v) is 5.63. The van der Waals surface area contributed by atoms with Gasteiger partial charge in [0.1, 0.15) is 0 Å². The Morgan fingerprint density at radius 2 is 2.11 bits per heavy atom. The van der Waals surface area contributed by atoms with Crippen molar-refractivity contribution in [2.45, 2.75) is 6.54 Å². The maximum absolute atomic E-state index is 10.6. The SMILES string of the molecule is O=[N+]([O-])c1cccc(CN=Nc2ccc(Cl)nn2)c1. The van der Waals surface area contributed by atoms with Gasteiger partial charge in [-0.1, -0.05) is 23.7 Å². The van der Waals surface area contributed by atoms with E-state index in [1.165, 1.54) is 12.1 Å². The predicted molar refractivity (Wildman–Crippen MR) is 68.4 cm³/mol. The minimum Gasteiger partial charge on any atom is -0.258 e. The van der Waals surface area contributed by atoms with E-state index in [9.17, 15) is 10.1 Å². The molecule has 96 valence electrons. The Morgan fingerprint density at radius 3 is 2.79 bits per heavy atom. The summed E-state index contributed by atoms with van der Waals surface area (Å²) in [6, 6.07) is 9.34. The van der Waals surface area contributed by atoms with E-state index in [-0.39, 0.29) is 17.4 Å². The van der Waals surface area contributed by atoms with Crippen LogP contribution in [0.5, 0.6) is 0 Å². The first-order valence-electron chi connectivity index (χ1n) is 5.25. The summed E-state index contributed by atoms with van der Waals surface area (Å²) >= 11 is 5.58. The zero-order chi connectivity index (χ0) is 13.7. The van der Waals surface area contributed by atoms with E-state index in [2.05, 4.69) is 20.4 Å². The lowest BCUT2D eigenvalue weighted by Crippen LogP contribution is -1.89.